The maximum absolute atomic E-state index is 8.64. The Labute approximate surface area is 104 Å². The van der Waals surface area contributed by atoms with E-state index >= 15 is 0 Å². The van der Waals surface area contributed by atoms with Crippen molar-refractivity contribution in [2.75, 3.05) is 6.61 Å². The molecule has 1 aliphatic rings. The monoisotopic (exact) mass is 246 g/mol. The van der Waals surface area contributed by atoms with Crippen LogP contribution >= 0.6 is 0 Å². The van der Waals surface area contributed by atoms with Gasteiger partial charge in [-0.25, -0.2) is 4.98 Å². The van der Waals surface area contributed by atoms with E-state index in [4.69, 9.17) is 15.7 Å². The van der Waals surface area contributed by atoms with E-state index in [-0.39, 0.29) is 5.84 Å². The number of fused-ring (bicyclic) bond motifs is 1. The minimum absolute atomic E-state index is 0.0915. The summed E-state index contributed by atoms with van der Waals surface area (Å²) in [6, 6.07) is 5.55. The molecule has 0 spiro atoms. The van der Waals surface area contributed by atoms with Crippen molar-refractivity contribution in [3.05, 3.63) is 30.1 Å². The molecule has 1 atom stereocenters. The maximum atomic E-state index is 8.64. The van der Waals surface area contributed by atoms with Crippen molar-refractivity contribution in [2.45, 2.75) is 19.1 Å². The van der Waals surface area contributed by atoms with Gasteiger partial charge in [0, 0.05) is 12.2 Å². The first-order valence-corrected chi connectivity index (χ1v) is 5.82. The first-order chi connectivity index (χ1) is 8.78. The summed E-state index contributed by atoms with van der Waals surface area (Å²) in [5.74, 6) is 0.0915. The van der Waals surface area contributed by atoms with Crippen molar-refractivity contribution >= 4 is 16.9 Å². The highest BCUT2D eigenvalue weighted by Gasteiger charge is 2.19. The molecule has 3 rings (SSSR count). The van der Waals surface area contributed by atoms with Crippen LogP contribution in [0.3, 0.4) is 0 Å². The lowest BCUT2D eigenvalue weighted by atomic mass is 10.1. The first kappa shape index (κ1) is 11.0. The van der Waals surface area contributed by atoms with E-state index in [1.54, 1.807) is 6.33 Å². The second-order valence-corrected chi connectivity index (χ2v) is 4.37. The van der Waals surface area contributed by atoms with Gasteiger partial charge in [-0.15, -0.1) is 0 Å². The van der Waals surface area contributed by atoms with Gasteiger partial charge in [-0.05, 0) is 24.6 Å². The average Bonchev–Trinajstić information content (AvgIpc) is 2.75. The highest BCUT2D eigenvalue weighted by atomic mass is 16.5. The van der Waals surface area contributed by atoms with Gasteiger partial charge in [-0.3, -0.25) is 0 Å². The molecule has 94 valence electrons. The van der Waals surface area contributed by atoms with Crippen LogP contribution < -0.4 is 5.73 Å². The molecule has 6 heteroatoms. The van der Waals surface area contributed by atoms with Crippen molar-refractivity contribution in [1.29, 1.82) is 0 Å². The lowest BCUT2D eigenvalue weighted by Crippen LogP contribution is -2.30. The second-order valence-electron chi connectivity index (χ2n) is 4.37. The van der Waals surface area contributed by atoms with Gasteiger partial charge >= 0.3 is 0 Å². The fourth-order valence-corrected chi connectivity index (χ4v) is 2.07. The number of aromatic nitrogens is 2. The van der Waals surface area contributed by atoms with E-state index in [1.165, 1.54) is 0 Å². The average molecular weight is 246 g/mol. The maximum Gasteiger partial charge on any atom is 0.170 e. The quantitative estimate of drug-likeness (QED) is 0.365. The third kappa shape index (κ3) is 1.80. The molecule has 0 amide bonds. The first-order valence-electron chi connectivity index (χ1n) is 5.82. The Hall–Kier alpha value is -2.08. The molecular weight excluding hydrogens is 232 g/mol. The Morgan fingerprint density at radius 2 is 2.44 bits per heavy atom. The number of amidine groups is 1. The molecule has 0 radical (unpaired) electrons. The van der Waals surface area contributed by atoms with Gasteiger partial charge in [0.25, 0.3) is 0 Å². The van der Waals surface area contributed by atoms with Crippen molar-refractivity contribution < 1.29 is 9.94 Å². The topological polar surface area (TPSA) is 85.7 Å². The number of nitrogens with two attached hydrogens (primary N) is 1. The van der Waals surface area contributed by atoms with Crippen LogP contribution in [-0.2, 0) is 11.3 Å². The van der Waals surface area contributed by atoms with Crippen LogP contribution in [0.5, 0.6) is 0 Å². The molecular formula is C12H14N4O2. The number of oxime groups is 1. The number of benzene rings is 1. The number of rotatable bonds is 3. The van der Waals surface area contributed by atoms with Crippen LogP contribution in [0, 0.1) is 0 Å². The molecule has 0 aliphatic carbocycles. The van der Waals surface area contributed by atoms with Crippen LogP contribution in [0.2, 0.25) is 0 Å². The SMILES string of the molecule is NC(=NO)c1ccc2c(c1)ncn2C[C@@H]1CCO1. The number of hydrogen-bond donors (Lipinski definition) is 2. The Morgan fingerprint density at radius 3 is 3.11 bits per heavy atom. The van der Waals surface area contributed by atoms with E-state index < -0.39 is 0 Å². The minimum atomic E-state index is 0.0915. The Bertz CT molecular complexity index is 601. The number of ether oxygens (including phenoxy) is 1. The summed E-state index contributed by atoms with van der Waals surface area (Å²) in [4.78, 5) is 4.32. The van der Waals surface area contributed by atoms with Crippen LogP contribution in [0.4, 0.5) is 0 Å². The largest absolute Gasteiger partial charge is 0.409 e. The Morgan fingerprint density at radius 1 is 1.61 bits per heavy atom. The standard InChI is InChI=1S/C12H14N4O2/c13-12(15-17)8-1-2-11-10(5-8)14-7-16(11)6-9-3-4-18-9/h1-2,5,7,9,17H,3-4,6H2,(H2,13,15)/t9-/m0/s1. The lowest BCUT2D eigenvalue weighted by Gasteiger charge is -2.26. The van der Waals surface area contributed by atoms with Crippen molar-refractivity contribution in [1.82, 2.24) is 9.55 Å². The molecule has 1 aromatic heterocycles. The normalized spacial score (nSPS) is 20.0. The fraction of sp³-hybridized carbons (Fsp3) is 0.333. The minimum Gasteiger partial charge on any atom is -0.409 e. The summed E-state index contributed by atoms with van der Waals surface area (Å²) in [6.07, 6.45) is 3.19. The molecule has 18 heavy (non-hydrogen) atoms. The lowest BCUT2D eigenvalue weighted by molar-refractivity contribution is -0.0586. The number of hydrogen-bond acceptors (Lipinski definition) is 4. The summed E-state index contributed by atoms with van der Waals surface area (Å²) in [6.45, 7) is 1.67. The molecule has 6 nitrogen and oxygen atoms in total. The zero-order valence-electron chi connectivity index (χ0n) is 9.78. The van der Waals surface area contributed by atoms with Crippen molar-refractivity contribution in [3.63, 3.8) is 0 Å². The van der Waals surface area contributed by atoms with Gasteiger partial charge in [-0.1, -0.05) is 5.16 Å². The number of imidazole rings is 1. The Kier molecular flexibility index (Phi) is 2.64. The predicted molar refractivity (Wildman–Crippen MR) is 66.6 cm³/mol. The number of nitrogens with zero attached hydrogens (tertiary/aromatic N) is 3. The van der Waals surface area contributed by atoms with E-state index in [0.29, 0.717) is 11.7 Å². The van der Waals surface area contributed by atoms with Crippen LogP contribution in [0.15, 0.2) is 29.7 Å². The molecule has 0 saturated carbocycles. The third-order valence-corrected chi connectivity index (χ3v) is 3.22. The highest BCUT2D eigenvalue weighted by Crippen LogP contribution is 2.19. The molecule has 2 heterocycles. The van der Waals surface area contributed by atoms with Crippen LogP contribution in [0.25, 0.3) is 11.0 Å². The molecule has 1 aliphatic heterocycles. The van der Waals surface area contributed by atoms with Crippen LogP contribution in [0.1, 0.15) is 12.0 Å². The summed E-state index contributed by atoms with van der Waals surface area (Å²) < 4.78 is 7.48. The van der Waals surface area contributed by atoms with Gasteiger partial charge in [-0.2, -0.15) is 0 Å². The van der Waals surface area contributed by atoms with Crippen molar-refractivity contribution in [3.8, 4) is 0 Å². The van der Waals surface area contributed by atoms with Crippen LogP contribution in [-0.4, -0.2) is 33.3 Å². The molecule has 3 N–H and O–H groups in total. The molecule has 0 unspecified atom stereocenters. The third-order valence-electron chi connectivity index (χ3n) is 3.22. The van der Waals surface area contributed by atoms with Gasteiger partial charge in [0.2, 0.25) is 0 Å². The van der Waals surface area contributed by atoms with E-state index in [9.17, 15) is 0 Å². The zero-order chi connectivity index (χ0) is 12.5. The molecule has 2 aromatic rings. The molecule has 0 bridgehead atoms. The Balaban J connectivity index is 1.94. The summed E-state index contributed by atoms with van der Waals surface area (Å²) in [5.41, 5.74) is 8.07. The predicted octanol–water partition coefficient (Wildman–Crippen LogP) is 0.920. The second kappa shape index (κ2) is 4.30. The zero-order valence-corrected chi connectivity index (χ0v) is 9.78. The van der Waals surface area contributed by atoms with E-state index in [1.807, 2.05) is 18.2 Å². The molecule has 1 saturated heterocycles. The van der Waals surface area contributed by atoms with E-state index in [0.717, 1.165) is 30.6 Å². The fourth-order valence-electron chi connectivity index (χ4n) is 2.07. The smallest absolute Gasteiger partial charge is 0.170 e. The summed E-state index contributed by atoms with van der Waals surface area (Å²) in [7, 11) is 0. The summed E-state index contributed by atoms with van der Waals surface area (Å²) in [5, 5.41) is 11.6. The van der Waals surface area contributed by atoms with Gasteiger partial charge in [0.1, 0.15) is 0 Å². The van der Waals surface area contributed by atoms with Gasteiger partial charge < -0.3 is 20.2 Å². The van der Waals surface area contributed by atoms with Gasteiger partial charge in [0.05, 0.1) is 30.0 Å². The van der Waals surface area contributed by atoms with Gasteiger partial charge in [0.15, 0.2) is 5.84 Å². The van der Waals surface area contributed by atoms with Crippen molar-refractivity contribution in [2.24, 2.45) is 10.9 Å². The summed E-state index contributed by atoms with van der Waals surface area (Å²) >= 11 is 0. The molecule has 1 fully saturated rings. The highest BCUT2D eigenvalue weighted by molar-refractivity contribution is 5.99. The molecule has 1 aromatic carbocycles. The van der Waals surface area contributed by atoms with E-state index in [2.05, 4.69) is 14.7 Å².